The monoisotopic (exact) mass is 1400 g/mol. The second-order valence-corrected chi connectivity index (χ2v) is 26.7. The minimum absolute atomic E-state index is 0.0570. The lowest BCUT2D eigenvalue weighted by molar-refractivity contribution is -0.132. The van der Waals surface area contributed by atoms with Crippen LogP contribution in [0.2, 0.25) is 0 Å². The first kappa shape index (κ1) is 71.2. The zero-order valence-corrected chi connectivity index (χ0v) is 58.1. The van der Waals surface area contributed by atoms with Crippen LogP contribution in [0, 0.1) is 23.2 Å². The van der Waals surface area contributed by atoms with Gasteiger partial charge in [0.25, 0.3) is 11.8 Å². The quantitative estimate of drug-likeness (QED) is 0.0219. The van der Waals surface area contributed by atoms with Crippen LogP contribution in [0.5, 0.6) is 28.7 Å². The number of fused-ring (bicyclic) bond motifs is 6. The van der Waals surface area contributed by atoms with E-state index in [1.807, 2.05) is 72.9 Å². The van der Waals surface area contributed by atoms with Crippen LogP contribution in [-0.4, -0.2) is 159 Å². The molecule has 5 aliphatic heterocycles. The molecular weight excluding hydrogens is 1320 g/mol. The first-order valence-corrected chi connectivity index (χ1v) is 34.3. The Morgan fingerprint density at radius 1 is 0.689 bits per heavy atom. The third-order valence-electron chi connectivity index (χ3n) is 19.3. The number of hydrogen-bond acceptors (Lipinski definition) is 17. The Morgan fingerprint density at radius 3 is 2.07 bits per heavy atom. The fourth-order valence-electron chi connectivity index (χ4n) is 13.4. The highest BCUT2D eigenvalue weighted by molar-refractivity contribution is 6.07. The molecule has 6 aromatic carbocycles. The Morgan fingerprint density at radius 2 is 1.36 bits per heavy atom. The summed E-state index contributed by atoms with van der Waals surface area (Å²) in [5.74, 6) is 3.77. The van der Waals surface area contributed by atoms with Gasteiger partial charge in [0.15, 0.2) is 29.2 Å². The van der Waals surface area contributed by atoms with Crippen LogP contribution in [0.25, 0.3) is 5.57 Å². The molecule has 536 valence electrons. The molecule has 5 heterocycles. The van der Waals surface area contributed by atoms with Crippen LogP contribution < -0.4 is 65.4 Å². The van der Waals surface area contributed by atoms with E-state index in [9.17, 15) is 48.3 Å². The van der Waals surface area contributed by atoms with Gasteiger partial charge in [0.1, 0.15) is 24.4 Å². The molecule has 6 aliphatic rings. The van der Waals surface area contributed by atoms with Crippen molar-refractivity contribution < 1.29 is 76.7 Å². The summed E-state index contributed by atoms with van der Waals surface area (Å²) in [6, 6.07) is 32.3. The lowest BCUT2D eigenvalue weighted by Crippen LogP contribution is -2.55. The van der Waals surface area contributed by atoms with Crippen LogP contribution >= 0.6 is 0 Å². The van der Waals surface area contributed by atoms with Gasteiger partial charge >= 0.3 is 6.09 Å². The summed E-state index contributed by atoms with van der Waals surface area (Å²) in [6.07, 6.45) is 2.40. The molecule has 1 aliphatic carbocycles. The number of benzene rings is 6. The Bertz CT molecular complexity index is 4390. The molecule has 0 aromatic heterocycles. The zero-order chi connectivity index (χ0) is 72.6. The van der Waals surface area contributed by atoms with Crippen molar-refractivity contribution in [2.24, 2.45) is 11.3 Å². The van der Waals surface area contributed by atoms with E-state index in [0.717, 1.165) is 45.8 Å². The highest BCUT2D eigenvalue weighted by Gasteiger charge is 2.58. The second-order valence-electron chi connectivity index (χ2n) is 26.7. The van der Waals surface area contributed by atoms with E-state index in [2.05, 4.69) is 43.7 Å². The summed E-state index contributed by atoms with van der Waals surface area (Å²) in [5.41, 5.74) is 6.94. The number of aliphatic hydroxyl groups excluding tert-OH is 1. The fraction of sp³-hybridized carbons (Fsp3) is 0.364. The Kier molecular flexibility index (Phi) is 21.5. The number of nitrogens with one attached hydrogen (secondary N) is 6. The highest BCUT2D eigenvalue weighted by atomic mass is 16.6. The number of nitrogens with zero attached hydrogens (tertiary/aromatic N) is 4. The number of aliphatic hydroxyl groups is 1. The average molecular weight is 1400 g/mol. The molecule has 1 saturated carbocycles. The van der Waals surface area contributed by atoms with Gasteiger partial charge in [-0.3, -0.25) is 38.4 Å². The van der Waals surface area contributed by atoms with Crippen molar-refractivity contribution in [3.05, 3.63) is 166 Å². The van der Waals surface area contributed by atoms with Gasteiger partial charge in [0.05, 0.1) is 94.5 Å². The second kappa shape index (κ2) is 31.1. The summed E-state index contributed by atoms with van der Waals surface area (Å²) < 4.78 is 35.2. The molecule has 2 fully saturated rings. The van der Waals surface area contributed by atoms with Crippen molar-refractivity contribution in [1.82, 2.24) is 31.1 Å². The molecule has 103 heavy (non-hydrogen) atoms. The average Bonchev–Trinajstić information content (AvgIpc) is 1.57. The molecule has 0 bridgehead atoms. The van der Waals surface area contributed by atoms with Gasteiger partial charge < -0.3 is 80.1 Å². The molecule has 26 heteroatoms. The van der Waals surface area contributed by atoms with Gasteiger partial charge in [-0.1, -0.05) is 80.3 Å². The van der Waals surface area contributed by atoms with Crippen molar-refractivity contribution in [2.75, 3.05) is 81.2 Å². The minimum Gasteiger partial charge on any atom is -0.497 e. The number of carbonyl (C=O) groups excluding carboxylic acids is 9. The molecule has 1 spiro atoms. The number of amides is 9. The van der Waals surface area contributed by atoms with E-state index in [-0.39, 0.29) is 91.1 Å². The summed E-state index contributed by atoms with van der Waals surface area (Å²) in [4.78, 5) is 128. The van der Waals surface area contributed by atoms with E-state index < -0.39 is 79.0 Å². The van der Waals surface area contributed by atoms with Gasteiger partial charge in [-0.05, 0) is 121 Å². The van der Waals surface area contributed by atoms with E-state index in [1.165, 1.54) is 33.3 Å². The third kappa shape index (κ3) is 16.1. The number of carbonyl (C=O) groups is 9. The van der Waals surface area contributed by atoms with Crippen molar-refractivity contribution in [3.63, 3.8) is 0 Å². The van der Waals surface area contributed by atoms with Crippen molar-refractivity contribution in [1.29, 1.82) is 0 Å². The molecule has 0 unspecified atom stereocenters. The number of rotatable bonds is 25. The normalized spacial score (nSPS) is 17.7. The summed E-state index contributed by atoms with van der Waals surface area (Å²) in [6.45, 7) is 5.02. The number of ether oxygens (including phenoxy) is 6. The van der Waals surface area contributed by atoms with Gasteiger partial charge in [-0.15, -0.1) is 0 Å². The molecule has 6 aromatic rings. The van der Waals surface area contributed by atoms with Gasteiger partial charge in [0.2, 0.25) is 35.4 Å². The van der Waals surface area contributed by atoms with Crippen LogP contribution in [0.15, 0.2) is 128 Å². The van der Waals surface area contributed by atoms with Crippen molar-refractivity contribution >= 4 is 81.7 Å². The van der Waals surface area contributed by atoms with E-state index in [0.29, 0.717) is 77.6 Å². The smallest absolute Gasteiger partial charge is 0.416 e. The Balaban J connectivity index is 0.606. The summed E-state index contributed by atoms with van der Waals surface area (Å²) >= 11 is 0. The Labute approximate surface area is 595 Å². The SMILES string of the molecule is COc1ccc(C2=CN3C(=O)c4cc(OC)c(OCCCOc5cc6c(cc5OC)C(=O)N5CC7(CC7)C[C@H]5[C@H](O)N6C(=O)OCc5ccc(NC(=O)[C@H](C)NC(=O)[C@@H](NC(=O)CNC(=O)CNC(=O)CCC(=O)N6Cc7ccccc7C#Cc7ccccc76)C(C)C)cc5)cc4NC[C@@H]3C2)cc1. The van der Waals surface area contributed by atoms with Gasteiger partial charge in [0, 0.05) is 67.5 Å². The van der Waals surface area contributed by atoms with Crippen LogP contribution in [-0.2, 0) is 46.7 Å². The van der Waals surface area contributed by atoms with Crippen LogP contribution in [0.3, 0.4) is 0 Å². The van der Waals surface area contributed by atoms with Crippen molar-refractivity contribution in [3.8, 4) is 40.6 Å². The predicted octanol–water partition coefficient (Wildman–Crippen LogP) is 7.25. The fourth-order valence-corrected chi connectivity index (χ4v) is 13.4. The third-order valence-corrected chi connectivity index (χ3v) is 19.3. The maximum absolute atomic E-state index is 14.5. The first-order valence-electron chi connectivity index (χ1n) is 34.3. The standard InChI is InChI=1S/C77H82N10O16/c1-45(2)70(83-68(90)40-80-67(89)39-79-66(88)26-27-69(91)85-41-51-14-8-7-12-48(51)18-19-50-13-9-10-15-59(50)85)72(93)81-46(3)71(92)82-53-22-16-47(17-23-53)43-103-76(97)87-60-36-65(63(100-6)34-57(60)74(95)86-44-77(28-29-77)37-61(86)75(87)96)102-31-11-30-101-64-35-58-56(33-62(64)99-5)73(94)84-42-52(32-54(84)38-78-58)49-20-24-55(98-4)25-21-49/h7-10,12-17,20-25,33-36,42,45-46,54,61,70,75,78,96H,11,26-32,37-41,43-44H2,1-6H3,(H,79,88)(H,80,89)(H,81,93)(H,82,92)(H,83,90)/t46-,54-,61-,70-,75-/m0/s1. The number of para-hydroxylation sites is 1. The van der Waals surface area contributed by atoms with Crippen LogP contribution in [0.4, 0.5) is 27.5 Å². The molecule has 0 radical (unpaired) electrons. The lowest BCUT2D eigenvalue weighted by Gasteiger charge is -2.31. The molecular formula is C77H82N10O16. The molecule has 9 amide bonds. The highest BCUT2D eigenvalue weighted by Crippen LogP contribution is 2.57. The lowest BCUT2D eigenvalue weighted by atomic mass is 10.0. The maximum atomic E-state index is 14.5. The molecule has 26 nitrogen and oxygen atoms in total. The number of methoxy groups -OCH3 is 3. The van der Waals surface area contributed by atoms with E-state index in [1.54, 1.807) is 78.1 Å². The van der Waals surface area contributed by atoms with E-state index >= 15 is 0 Å². The van der Waals surface area contributed by atoms with E-state index in [4.69, 9.17) is 28.4 Å². The minimum atomic E-state index is -1.50. The largest absolute Gasteiger partial charge is 0.497 e. The zero-order valence-electron chi connectivity index (χ0n) is 58.1. The first-order chi connectivity index (χ1) is 49.7. The topological polar surface area (TPSA) is 314 Å². The summed E-state index contributed by atoms with van der Waals surface area (Å²) in [7, 11) is 4.56. The molecule has 12 rings (SSSR count). The Hall–Kier alpha value is -11.6. The maximum Gasteiger partial charge on any atom is 0.416 e. The van der Waals surface area contributed by atoms with Gasteiger partial charge in [-0.2, -0.15) is 0 Å². The van der Waals surface area contributed by atoms with Crippen LogP contribution in [0.1, 0.15) is 114 Å². The number of hydrogen-bond donors (Lipinski definition) is 7. The molecule has 5 atom stereocenters. The molecule has 1 saturated heterocycles. The number of anilines is 4. The predicted molar refractivity (Wildman–Crippen MR) is 380 cm³/mol. The van der Waals surface area contributed by atoms with Crippen molar-refractivity contribution in [2.45, 2.75) is 109 Å². The van der Waals surface area contributed by atoms with Gasteiger partial charge in [-0.25, -0.2) is 9.69 Å². The summed E-state index contributed by atoms with van der Waals surface area (Å²) in [5, 5.41) is 28.5. The molecule has 7 N–H and O–H groups in total.